The van der Waals surface area contributed by atoms with Gasteiger partial charge in [-0.1, -0.05) is 43.3 Å². The van der Waals surface area contributed by atoms with Gasteiger partial charge in [0.15, 0.2) is 5.13 Å². The third-order valence-electron chi connectivity index (χ3n) is 5.14. The number of carbonyl (C=O) groups excluding carboxylic acids is 1. The van der Waals surface area contributed by atoms with Gasteiger partial charge in [0.25, 0.3) is 0 Å². The molecule has 2 aromatic carbocycles. The van der Waals surface area contributed by atoms with Crippen molar-refractivity contribution in [1.82, 2.24) is 4.98 Å². The molecule has 3 aromatic rings. The molecule has 4 rings (SSSR count). The number of phenolic OH excluding ortho intramolecular Hbond substituents is 1. The highest BCUT2D eigenvalue weighted by Gasteiger charge is 2.47. The molecule has 1 aliphatic rings. The Morgan fingerprint density at radius 3 is 2.72 bits per heavy atom. The summed E-state index contributed by atoms with van der Waals surface area (Å²) in [7, 11) is 0. The summed E-state index contributed by atoms with van der Waals surface area (Å²) in [6.45, 7) is 2.11. The second-order valence-electron chi connectivity index (χ2n) is 6.49. The molecule has 0 spiro atoms. The molecule has 1 heterocycles. The van der Waals surface area contributed by atoms with Crippen molar-refractivity contribution in [3.63, 3.8) is 0 Å². The zero-order valence-electron chi connectivity index (χ0n) is 13.8. The fourth-order valence-electron chi connectivity index (χ4n) is 3.81. The van der Waals surface area contributed by atoms with E-state index in [0.29, 0.717) is 11.6 Å². The third-order valence-corrected chi connectivity index (χ3v) is 5.83. The van der Waals surface area contributed by atoms with Crippen LogP contribution >= 0.6 is 11.3 Å². The van der Waals surface area contributed by atoms with Gasteiger partial charge in [-0.15, -0.1) is 11.3 Å². The first kappa shape index (κ1) is 15.8. The van der Waals surface area contributed by atoms with Gasteiger partial charge in [-0.2, -0.15) is 0 Å². The Morgan fingerprint density at radius 1 is 1.24 bits per heavy atom. The molecule has 2 N–H and O–H groups in total. The lowest BCUT2D eigenvalue weighted by Crippen LogP contribution is -2.38. The predicted octanol–water partition coefficient (Wildman–Crippen LogP) is 3.97. The minimum Gasteiger partial charge on any atom is -0.508 e. The minimum absolute atomic E-state index is 0.0262. The summed E-state index contributed by atoms with van der Waals surface area (Å²) in [4.78, 5) is 17.2. The Labute approximate surface area is 150 Å². The van der Waals surface area contributed by atoms with E-state index in [1.165, 1.54) is 22.5 Å². The molecule has 0 saturated carbocycles. The van der Waals surface area contributed by atoms with Crippen LogP contribution in [0.1, 0.15) is 23.6 Å². The molecule has 2 atom stereocenters. The summed E-state index contributed by atoms with van der Waals surface area (Å²) >= 11 is 1.42. The topological polar surface area (TPSA) is 62.2 Å². The summed E-state index contributed by atoms with van der Waals surface area (Å²) in [5.74, 6) is -0.0394. The Hall–Kier alpha value is -2.66. The van der Waals surface area contributed by atoms with E-state index >= 15 is 0 Å². The van der Waals surface area contributed by atoms with Crippen molar-refractivity contribution in [1.29, 1.82) is 0 Å². The molecule has 4 nitrogen and oxygen atoms in total. The number of aromatic nitrogens is 1. The molecule has 0 radical (unpaired) electrons. The summed E-state index contributed by atoms with van der Waals surface area (Å²) in [5, 5.41) is 15.1. The second-order valence-corrected chi connectivity index (χ2v) is 7.38. The fraction of sp³-hybridized carbons (Fsp3) is 0.200. The maximum Gasteiger partial charge on any atom is 0.230 e. The van der Waals surface area contributed by atoms with Crippen LogP contribution in [0, 0.1) is 5.92 Å². The van der Waals surface area contributed by atoms with Gasteiger partial charge < -0.3 is 10.4 Å². The quantitative estimate of drug-likeness (QED) is 0.751. The Kier molecular flexibility index (Phi) is 3.81. The number of hydrogen-bond acceptors (Lipinski definition) is 4. The number of fused-ring (bicyclic) bond motifs is 1. The molecule has 1 aliphatic carbocycles. The number of nitrogens with zero attached hydrogens (tertiary/aromatic N) is 1. The normalized spacial score (nSPS) is 21.7. The van der Waals surface area contributed by atoms with E-state index in [1.807, 2.05) is 29.6 Å². The van der Waals surface area contributed by atoms with Crippen LogP contribution in [-0.4, -0.2) is 16.0 Å². The van der Waals surface area contributed by atoms with E-state index in [9.17, 15) is 9.90 Å². The largest absolute Gasteiger partial charge is 0.508 e. The van der Waals surface area contributed by atoms with Crippen molar-refractivity contribution in [2.75, 3.05) is 5.32 Å². The maximum absolute atomic E-state index is 13.0. The van der Waals surface area contributed by atoms with E-state index < -0.39 is 5.41 Å². The van der Waals surface area contributed by atoms with Crippen LogP contribution in [0.4, 0.5) is 5.13 Å². The molecule has 0 aliphatic heterocycles. The van der Waals surface area contributed by atoms with Gasteiger partial charge in [0.2, 0.25) is 5.91 Å². The third kappa shape index (κ3) is 2.61. The minimum atomic E-state index is -0.453. The Morgan fingerprint density at radius 2 is 2.00 bits per heavy atom. The van der Waals surface area contributed by atoms with Gasteiger partial charge in [0, 0.05) is 17.0 Å². The van der Waals surface area contributed by atoms with Crippen LogP contribution in [0.2, 0.25) is 0 Å². The van der Waals surface area contributed by atoms with Gasteiger partial charge in [-0.3, -0.25) is 4.79 Å². The van der Waals surface area contributed by atoms with Crippen LogP contribution in [0.15, 0.2) is 60.1 Å². The van der Waals surface area contributed by atoms with Crippen LogP contribution in [-0.2, 0) is 16.6 Å². The average Bonchev–Trinajstić information content (AvgIpc) is 3.23. The second kappa shape index (κ2) is 6.01. The monoisotopic (exact) mass is 350 g/mol. The molecule has 25 heavy (non-hydrogen) atoms. The van der Waals surface area contributed by atoms with E-state index in [2.05, 4.69) is 29.4 Å². The summed E-state index contributed by atoms with van der Waals surface area (Å²) in [6.07, 6.45) is 2.37. The predicted molar refractivity (Wildman–Crippen MR) is 98.9 cm³/mol. The zero-order valence-corrected chi connectivity index (χ0v) is 14.6. The van der Waals surface area contributed by atoms with E-state index in [-0.39, 0.29) is 17.6 Å². The lowest BCUT2D eigenvalue weighted by Gasteiger charge is -2.32. The standard InChI is InChI=1S/C20H18N2O2S/c1-20(14-6-8-15(23)9-7-14)16-5-3-2-4-13(16)12-17(20)18(24)22-19-21-10-11-25-19/h2-11,17,23H,12H2,1H3,(H,21,22,24)/t17-,20-/m1/s1. The first-order valence-corrected chi connectivity index (χ1v) is 9.05. The van der Waals surface area contributed by atoms with Gasteiger partial charge in [0.05, 0.1) is 5.92 Å². The number of nitrogens with one attached hydrogen (secondary N) is 1. The highest BCUT2D eigenvalue weighted by atomic mass is 32.1. The lowest BCUT2D eigenvalue weighted by molar-refractivity contribution is -0.121. The number of hydrogen-bond donors (Lipinski definition) is 2. The van der Waals surface area contributed by atoms with E-state index in [4.69, 9.17) is 0 Å². The highest BCUT2D eigenvalue weighted by Crippen LogP contribution is 2.48. The van der Waals surface area contributed by atoms with Crippen molar-refractivity contribution in [3.8, 4) is 5.75 Å². The Bertz CT molecular complexity index is 906. The molecule has 5 heteroatoms. The number of thiazole rings is 1. The number of benzene rings is 2. The summed E-state index contributed by atoms with van der Waals surface area (Å²) < 4.78 is 0. The maximum atomic E-state index is 13.0. The molecule has 1 aromatic heterocycles. The SMILES string of the molecule is C[C@@]1(c2ccc(O)cc2)c2ccccc2C[C@@H]1C(=O)Nc1nccs1. The molecule has 0 fully saturated rings. The van der Waals surface area contributed by atoms with Crippen molar-refractivity contribution in [2.45, 2.75) is 18.8 Å². The summed E-state index contributed by atoms with van der Waals surface area (Å²) in [5.41, 5.74) is 2.93. The van der Waals surface area contributed by atoms with E-state index in [0.717, 1.165) is 5.56 Å². The first-order valence-electron chi connectivity index (χ1n) is 8.17. The number of rotatable bonds is 3. The van der Waals surface area contributed by atoms with Gasteiger partial charge in [0.1, 0.15) is 5.75 Å². The van der Waals surface area contributed by atoms with Crippen molar-refractivity contribution in [3.05, 3.63) is 76.8 Å². The van der Waals surface area contributed by atoms with Gasteiger partial charge in [-0.25, -0.2) is 4.98 Å². The smallest absolute Gasteiger partial charge is 0.230 e. The lowest BCUT2D eigenvalue weighted by atomic mass is 9.71. The van der Waals surface area contributed by atoms with Crippen LogP contribution in [0.3, 0.4) is 0 Å². The number of aromatic hydroxyl groups is 1. The van der Waals surface area contributed by atoms with Gasteiger partial charge in [-0.05, 0) is 35.2 Å². The molecular weight excluding hydrogens is 332 g/mol. The number of anilines is 1. The number of carbonyl (C=O) groups is 1. The molecule has 0 unspecified atom stereocenters. The van der Waals surface area contributed by atoms with Crippen molar-refractivity contribution >= 4 is 22.4 Å². The first-order chi connectivity index (χ1) is 12.1. The molecule has 0 saturated heterocycles. The van der Waals surface area contributed by atoms with Crippen molar-refractivity contribution in [2.24, 2.45) is 5.92 Å². The molecule has 1 amide bonds. The fourth-order valence-corrected chi connectivity index (χ4v) is 4.35. The summed E-state index contributed by atoms with van der Waals surface area (Å²) in [6, 6.07) is 15.4. The number of phenols is 1. The molecular formula is C20H18N2O2S. The zero-order chi connectivity index (χ0) is 17.4. The highest BCUT2D eigenvalue weighted by molar-refractivity contribution is 7.13. The van der Waals surface area contributed by atoms with Gasteiger partial charge >= 0.3 is 0 Å². The van der Waals surface area contributed by atoms with Crippen LogP contribution in [0.25, 0.3) is 0 Å². The average molecular weight is 350 g/mol. The molecule has 126 valence electrons. The van der Waals surface area contributed by atoms with Crippen molar-refractivity contribution < 1.29 is 9.90 Å². The van der Waals surface area contributed by atoms with E-state index in [1.54, 1.807) is 18.3 Å². The Balaban J connectivity index is 1.78. The van der Waals surface area contributed by atoms with Crippen LogP contribution in [0.5, 0.6) is 5.75 Å². The number of amides is 1. The van der Waals surface area contributed by atoms with Crippen LogP contribution < -0.4 is 5.32 Å². The molecule has 0 bridgehead atoms.